The number of quaternary nitrogens is 1. The molecule has 1 heterocycles. The highest BCUT2D eigenvalue weighted by Crippen LogP contribution is 2.34. The second-order valence-electron chi connectivity index (χ2n) is 6.05. The molecule has 1 fully saturated rings. The first-order valence-electron chi connectivity index (χ1n) is 8.42. The summed E-state index contributed by atoms with van der Waals surface area (Å²) in [7, 11) is 0. The van der Waals surface area contributed by atoms with Crippen molar-refractivity contribution in [1.29, 1.82) is 0 Å². The Kier molecular flexibility index (Phi) is 5.38. The Morgan fingerprint density at radius 2 is 1.83 bits per heavy atom. The van der Waals surface area contributed by atoms with Crippen LogP contribution < -0.4 is 15.1 Å². The van der Waals surface area contributed by atoms with Crippen LogP contribution in [0.1, 0.15) is 17.3 Å². The average molecular weight is 345 g/mol. The van der Waals surface area contributed by atoms with Crippen LogP contribution in [0.5, 0.6) is 0 Å². The minimum atomic E-state index is -0.114. The third kappa shape index (κ3) is 3.71. The lowest BCUT2D eigenvalue weighted by molar-refractivity contribution is -0.898. The molecular formula is C19H23ClN3O+. The maximum absolute atomic E-state index is 12.5. The molecule has 0 radical (unpaired) electrons. The Morgan fingerprint density at radius 1 is 1.12 bits per heavy atom. The molecule has 24 heavy (non-hydrogen) atoms. The van der Waals surface area contributed by atoms with Gasteiger partial charge < -0.3 is 15.1 Å². The quantitative estimate of drug-likeness (QED) is 0.893. The molecule has 1 amide bonds. The van der Waals surface area contributed by atoms with Crippen LogP contribution >= 0.6 is 11.6 Å². The monoisotopic (exact) mass is 344 g/mol. The Balaban J connectivity index is 1.82. The van der Waals surface area contributed by atoms with Crippen molar-refractivity contribution < 1.29 is 9.69 Å². The van der Waals surface area contributed by atoms with Crippen molar-refractivity contribution in [2.45, 2.75) is 6.92 Å². The van der Waals surface area contributed by atoms with Crippen molar-refractivity contribution in [3.63, 3.8) is 0 Å². The van der Waals surface area contributed by atoms with E-state index in [-0.39, 0.29) is 5.91 Å². The zero-order valence-corrected chi connectivity index (χ0v) is 14.6. The first-order valence-corrected chi connectivity index (χ1v) is 8.80. The van der Waals surface area contributed by atoms with Gasteiger partial charge in [0, 0.05) is 5.56 Å². The van der Waals surface area contributed by atoms with Gasteiger partial charge in [-0.3, -0.25) is 4.79 Å². The van der Waals surface area contributed by atoms with Gasteiger partial charge in [0.15, 0.2) is 0 Å². The van der Waals surface area contributed by atoms with Crippen LogP contribution in [-0.4, -0.2) is 38.6 Å². The highest BCUT2D eigenvalue weighted by Gasteiger charge is 2.23. The van der Waals surface area contributed by atoms with Gasteiger partial charge >= 0.3 is 0 Å². The van der Waals surface area contributed by atoms with Crippen LogP contribution in [0.15, 0.2) is 48.5 Å². The Hall–Kier alpha value is -2.04. The number of hydrogen-bond acceptors (Lipinski definition) is 2. The summed E-state index contributed by atoms with van der Waals surface area (Å²) in [5.74, 6) is -0.114. The molecule has 0 aromatic heterocycles. The second kappa shape index (κ2) is 7.69. The molecule has 3 rings (SSSR count). The van der Waals surface area contributed by atoms with E-state index < -0.39 is 0 Å². The summed E-state index contributed by atoms with van der Waals surface area (Å²) in [6, 6.07) is 14.9. The summed E-state index contributed by atoms with van der Waals surface area (Å²) in [5, 5.41) is 3.70. The molecule has 0 bridgehead atoms. The molecule has 0 atom stereocenters. The van der Waals surface area contributed by atoms with E-state index in [9.17, 15) is 4.79 Å². The van der Waals surface area contributed by atoms with E-state index in [1.807, 2.05) is 48.5 Å². The number of piperazine rings is 1. The molecular weight excluding hydrogens is 322 g/mol. The second-order valence-corrected chi connectivity index (χ2v) is 6.45. The van der Waals surface area contributed by atoms with Gasteiger partial charge in [0.05, 0.1) is 49.1 Å². The predicted octanol–water partition coefficient (Wildman–Crippen LogP) is 2.32. The zero-order valence-electron chi connectivity index (χ0n) is 13.9. The zero-order chi connectivity index (χ0) is 16.9. The number of halogens is 1. The maximum Gasteiger partial charge on any atom is 0.255 e. The van der Waals surface area contributed by atoms with Gasteiger partial charge in [-0.2, -0.15) is 0 Å². The minimum absolute atomic E-state index is 0.114. The van der Waals surface area contributed by atoms with Crippen molar-refractivity contribution in [3.05, 3.63) is 59.1 Å². The molecule has 1 aliphatic heterocycles. The number of rotatable bonds is 4. The van der Waals surface area contributed by atoms with E-state index in [2.05, 4.69) is 17.1 Å². The minimum Gasteiger partial charge on any atom is -0.357 e. The smallest absolute Gasteiger partial charge is 0.255 e. The maximum atomic E-state index is 12.5. The lowest BCUT2D eigenvalue weighted by atomic mass is 10.1. The molecule has 0 unspecified atom stereocenters. The van der Waals surface area contributed by atoms with Crippen molar-refractivity contribution in [3.8, 4) is 0 Å². The third-order valence-electron chi connectivity index (χ3n) is 4.56. The molecule has 0 spiro atoms. The van der Waals surface area contributed by atoms with Crippen molar-refractivity contribution in [2.75, 3.05) is 42.9 Å². The lowest BCUT2D eigenvalue weighted by Crippen LogP contribution is -3.14. The van der Waals surface area contributed by atoms with Gasteiger partial charge in [-0.1, -0.05) is 35.9 Å². The van der Waals surface area contributed by atoms with Crippen LogP contribution in [-0.2, 0) is 0 Å². The number of carbonyl (C=O) groups excluding carboxylic acids is 1. The summed E-state index contributed by atoms with van der Waals surface area (Å²) in [6.45, 7) is 7.43. The fourth-order valence-electron chi connectivity index (χ4n) is 3.12. The number of hydrogen-bond donors (Lipinski definition) is 2. The van der Waals surface area contributed by atoms with E-state index >= 15 is 0 Å². The van der Waals surface area contributed by atoms with Crippen molar-refractivity contribution >= 4 is 28.9 Å². The predicted molar refractivity (Wildman–Crippen MR) is 99.3 cm³/mol. The summed E-state index contributed by atoms with van der Waals surface area (Å²) < 4.78 is 0. The number of benzene rings is 2. The summed E-state index contributed by atoms with van der Waals surface area (Å²) >= 11 is 6.46. The fourth-order valence-corrected chi connectivity index (χ4v) is 3.42. The molecule has 1 saturated heterocycles. The summed E-state index contributed by atoms with van der Waals surface area (Å²) in [4.78, 5) is 16.4. The number of likely N-dealkylation sites (N-methyl/N-ethyl adjacent to an activating group) is 1. The third-order valence-corrected chi connectivity index (χ3v) is 4.86. The van der Waals surface area contributed by atoms with Crippen LogP contribution in [0.2, 0.25) is 5.02 Å². The van der Waals surface area contributed by atoms with Gasteiger partial charge in [0.1, 0.15) is 0 Å². The van der Waals surface area contributed by atoms with Gasteiger partial charge in [-0.15, -0.1) is 0 Å². The summed E-state index contributed by atoms with van der Waals surface area (Å²) in [6.07, 6.45) is 0. The van der Waals surface area contributed by atoms with Crippen LogP contribution in [0.25, 0.3) is 0 Å². The normalized spacial score (nSPS) is 15.3. The molecule has 4 nitrogen and oxygen atoms in total. The van der Waals surface area contributed by atoms with Gasteiger partial charge in [0.2, 0.25) is 0 Å². The molecule has 2 aromatic carbocycles. The number of para-hydroxylation sites is 1. The highest BCUT2D eigenvalue weighted by atomic mass is 35.5. The summed E-state index contributed by atoms with van der Waals surface area (Å²) in [5.41, 5.74) is 2.35. The van der Waals surface area contributed by atoms with E-state index in [4.69, 9.17) is 11.6 Å². The van der Waals surface area contributed by atoms with Crippen LogP contribution in [0, 0.1) is 0 Å². The molecule has 2 aromatic rings. The molecule has 126 valence electrons. The van der Waals surface area contributed by atoms with E-state index in [1.54, 1.807) is 4.90 Å². The first-order chi connectivity index (χ1) is 11.7. The number of amides is 1. The number of anilines is 2. The number of nitrogens with one attached hydrogen (secondary N) is 2. The standard InChI is InChI=1S/C19H22ClN3O/c1-2-22-11-13-23(14-12-22)18-16(20)9-6-10-17(18)21-19(24)15-7-4-3-5-8-15/h3-10H,2,11-14H2,1H3,(H,21,24)/p+1. The van der Waals surface area contributed by atoms with Gasteiger partial charge in [-0.05, 0) is 31.2 Å². The largest absolute Gasteiger partial charge is 0.357 e. The van der Waals surface area contributed by atoms with Crippen molar-refractivity contribution in [2.24, 2.45) is 0 Å². The lowest BCUT2D eigenvalue weighted by Gasteiger charge is -2.34. The van der Waals surface area contributed by atoms with Gasteiger partial charge in [0.25, 0.3) is 5.91 Å². The Morgan fingerprint density at radius 3 is 2.50 bits per heavy atom. The molecule has 0 saturated carbocycles. The molecule has 1 aliphatic rings. The fraction of sp³-hybridized carbons (Fsp3) is 0.316. The topological polar surface area (TPSA) is 36.8 Å². The van der Waals surface area contributed by atoms with Crippen LogP contribution in [0.4, 0.5) is 11.4 Å². The molecule has 2 N–H and O–H groups in total. The number of nitrogens with zero attached hydrogens (tertiary/aromatic N) is 1. The SMILES string of the molecule is CC[NH+]1CCN(c2c(Cl)cccc2NC(=O)c2ccccc2)CC1. The van der Waals surface area contributed by atoms with Crippen molar-refractivity contribution in [1.82, 2.24) is 0 Å². The van der Waals surface area contributed by atoms with Gasteiger partial charge in [-0.25, -0.2) is 0 Å². The van der Waals surface area contributed by atoms with Crippen LogP contribution in [0.3, 0.4) is 0 Å². The van der Waals surface area contributed by atoms with E-state index in [1.165, 1.54) is 0 Å². The average Bonchev–Trinajstić information content (AvgIpc) is 2.63. The highest BCUT2D eigenvalue weighted by molar-refractivity contribution is 6.34. The molecule has 0 aliphatic carbocycles. The Bertz CT molecular complexity index is 697. The van der Waals surface area contributed by atoms with E-state index in [0.29, 0.717) is 10.6 Å². The molecule has 5 heteroatoms. The first kappa shape index (κ1) is 16.8. The Labute approximate surface area is 148 Å². The number of carbonyl (C=O) groups is 1. The van der Waals surface area contributed by atoms with E-state index in [0.717, 1.165) is 44.1 Å².